The van der Waals surface area contributed by atoms with Crippen LogP contribution in [0.3, 0.4) is 0 Å². The molecule has 1 atom stereocenters. The predicted octanol–water partition coefficient (Wildman–Crippen LogP) is 2.89. The molecule has 1 unspecified atom stereocenters. The maximum atomic E-state index is 5.85. The molecule has 80 valence electrons. The molecule has 1 heterocycles. The van der Waals surface area contributed by atoms with Gasteiger partial charge in [-0.05, 0) is 26.7 Å². The van der Waals surface area contributed by atoms with Crippen LogP contribution in [0.2, 0.25) is 0 Å². The summed E-state index contributed by atoms with van der Waals surface area (Å²) in [6.07, 6.45) is 7.04. The van der Waals surface area contributed by atoms with Crippen molar-refractivity contribution in [3.05, 3.63) is 11.6 Å². The van der Waals surface area contributed by atoms with E-state index in [1.54, 1.807) is 0 Å². The van der Waals surface area contributed by atoms with Gasteiger partial charge in [-0.1, -0.05) is 18.1 Å². The molecule has 2 heteroatoms. The molecule has 1 aliphatic heterocycles. The minimum absolute atomic E-state index is 0.255. The average Bonchev–Trinajstić information content (AvgIpc) is 2.67. The second kappa shape index (κ2) is 4.03. The molecular formula is C12H20O2. The van der Waals surface area contributed by atoms with Gasteiger partial charge in [-0.3, -0.25) is 0 Å². The van der Waals surface area contributed by atoms with Crippen LogP contribution in [-0.2, 0) is 9.47 Å². The molecule has 0 radical (unpaired) electrons. The number of ether oxygens (including phenoxy) is 2. The Kier molecular flexibility index (Phi) is 2.93. The summed E-state index contributed by atoms with van der Waals surface area (Å²) >= 11 is 0. The summed E-state index contributed by atoms with van der Waals surface area (Å²) in [7, 11) is 0. The minimum atomic E-state index is -0.255. The zero-order valence-electron chi connectivity index (χ0n) is 9.21. The number of allylic oxidation sites excluding steroid dienone is 1. The predicted molar refractivity (Wildman–Crippen MR) is 56.0 cm³/mol. The third-order valence-corrected chi connectivity index (χ3v) is 3.58. The Morgan fingerprint density at radius 1 is 1.29 bits per heavy atom. The second-order valence-corrected chi connectivity index (χ2v) is 4.34. The van der Waals surface area contributed by atoms with E-state index in [-0.39, 0.29) is 5.79 Å². The Balaban J connectivity index is 2.18. The van der Waals surface area contributed by atoms with E-state index in [2.05, 4.69) is 19.9 Å². The van der Waals surface area contributed by atoms with Crippen molar-refractivity contribution >= 4 is 0 Å². The summed E-state index contributed by atoms with van der Waals surface area (Å²) in [6.45, 7) is 5.84. The van der Waals surface area contributed by atoms with E-state index in [0.29, 0.717) is 5.92 Å². The van der Waals surface area contributed by atoms with E-state index in [1.165, 1.54) is 24.8 Å². The highest BCUT2D eigenvalue weighted by Gasteiger charge is 2.46. The van der Waals surface area contributed by atoms with E-state index in [0.717, 1.165) is 19.6 Å². The zero-order valence-corrected chi connectivity index (χ0v) is 9.21. The van der Waals surface area contributed by atoms with Gasteiger partial charge in [0.1, 0.15) is 0 Å². The molecule has 0 aromatic rings. The lowest BCUT2D eigenvalue weighted by Gasteiger charge is -2.40. The Morgan fingerprint density at radius 3 is 2.64 bits per heavy atom. The minimum Gasteiger partial charge on any atom is -0.347 e. The van der Waals surface area contributed by atoms with Crippen LogP contribution >= 0.6 is 0 Å². The van der Waals surface area contributed by atoms with Gasteiger partial charge >= 0.3 is 0 Å². The van der Waals surface area contributed by atoms with Crippen LogP contribution in [0.5, 0.6) is 0 Å². The van der Waals surface area contributed by atoms with Gasteiger partial charge in [0.15, 0.2) is 5.79 Å². The highest BCUT2D eigenvalue weighted by atomic mass is 16.7. The van der Waals surface area contributed by atoms with E-state index in [1.807, 2.05) is 0 Å². The summed E-state index contributed by atoms with van der Waals surface area (Å²) in [5.41, 5.74) is 1.42. The normalized spacial score (nSPS) is 32.4. The molecule has 1 saturated carbocycles. The molecular weight excluding hydrogens is 176 g/mol. The molecule has 2 aliphatic rings. The quantitative estimate of drug-likeness (QED) is 0.600. The van der Waals surface area contributed by atoms with E-state index in [4.69, 9.17) is 9.47 Å². The largest absolute Gasteiger partial charge is 0.347 e. The van der Waals surface area contributed by atoms with Crippen molar-refractivity contribution in [3.8, 4) is 0 Å². The van der Waals surface area contributed by atoms with Gasteiger partial charge in [0.25, 0.3) is 0 Å². The van der Waals surface area contributed by atoms with Gasteiger partial charge in [-0.15, -0.1) is 0 Å². The Hall–Kier alpha value is -0.340. The summed E-state index contributed by atoms with van der Waals surface area (Å²) < 4.78 is 11.7. The third kappa shape index (κ3) is 1.61. The molecule has 0 amide bonds. The van der Waals surface area contributed by atoms with Crippen molar-refractivity contribution in [1.29, 1.82) is 0 Å². The first-order valence-electron chi connectivity index (χ1n) is 5.69. The topological polar surface area (TPSA) is 18.5 Å². The van der Waals surface area contributed by atoms with Crippen molar-refractivity contribution < 1.29 is 9.47 Å². The molecule has 14 heavy (non-hydrogen) atoms. The van der Waals surface area contributed by atoms with Crippen molar-refractivity contribution in [2.75, 3.05) is 13.2 Å². The highest BCUT2D eigenvalue weighted by Crippen LogP contribution is 2.43. The SMILES string of the molecule is CC=C(C)C1CCCCC12OCCO2. The van der Waals surface area contributed by atoms with Crippen molar-refractivity contribution in [3.63, 3.8) is 0 Å². The number of hydrogen-bond donors (Lipinski definition) is 0. The van der Waals surface area contributed by atoms with Crippen LogP contribution in [0.4, 0.5) is 0 Å². The Bertz CT molecular complexity index is 226. The van der Waals surface area contributed by atoms with Crippen LogP contribution in [-0.4, -0.2) is 19.0 Å². The smallest absolute Gasteiger partial charge is 0.174 e. The molecule has 1 aliphatic carbocycles. The van der Waals surface area contributed by atoms with Crippen LogP contribution in [0.15, 0.2) is 11.6 Å². The van der Waals surface area contributed by atoms with Crippen LogP contribution in [0, 0.1) is 5.92 Å². The Labute approximate surface area is 86.3 Å². The van der Waals surface area contributed by atoms with Crippen molar-refractivity contribution in [2.24, 2.45) is 5.92 Å². The molecule has 2 rings (SSSR count). The first-order chi connectivity index (χ1) is 6.78. The summed E-state index contributed by atoms with van der Waals surface area (Å²) in [5.74, 6) is 0.234. The summed E-state index contributed by atoms with van der Waals surface area (Å²) in [6, 6.07) is 0. The van der Waals surface area contributed by atoms with E-state index >= 15 is 0 Å². The highest BCUT2D eigenvalue weighted by molar-refractivity contribution is 5.09. The zero-order chi connectivity index (χ0) is 10.0. The van der Waals surface area contributed by atoms with Gasteiger partial charge in [0, 0.05) is 12.3 Å². The fourth-order valence-electron chi connectivity index (χ4n) is 2.71. The molecule has 0 aromatic heterocycles. The van der Waals surface area contributed by atoms with Crippen LogP contribution < -0.4 is 0 Å². The van der Waals surface area contributed by atoms with Gasteiger partial charge in [0.05, 0.1) is 13.2 Å². The number of hydrogen-bond acceptors (Lipinski definition) is 2. The first-order valence-corrected chi connectivity index (χ1v) is 5.69. The lowest BCUT2D eigenvalue weighted by Crippen LogP contribution is -2.42. The summed E-state index contributed by atoms with van der Waals surface area (Å²) in [5, 5.41) is 0. The standard InChI is InChI=1S/C12H20O2/c1-3-10(2)11-6-4-5-7-12(11)13-8-9-14-12/h3,11H,4-9H2,1-2H3. The molecule has 2 nitrogen and oxygen atoms in total. The molecule has 2 fully saturated rings. The van der Waals surface area contributed by atoms with Gasteiger partial charge in [-0.25, -0.2) is 0 Å². The fraction of sp³-hybridized carbons (Fsp3) is 0.833. The second-order valence-electron chi connectivity index (χ2n) is 4.34. The molecule has 1 spiro atoms. The summed E-state index contributed by atoms with van der Waals surface area (Å²) in [4.78, 5) is 0. The van der Waals surface area contributed by atoms with Gasteiger partial charge in [-0.2, -0.15) is 0 Å². The molecule has 0 aromatic carbocycles. The van der Waals surface area contributed by atoms with Crippen LogP contribution in [0.1, 0.15) is 39.5 Å². The first kappa shape index (κ1) is 10.2. The van der Waals surface area contributed by atoms with E-state index < -0.39 is 0 Å². The lowest BCUT2D eigenvalue weighted by atomic mass is 9.79. The molecule has 0 bridgehead atoms. The van der Waals surface area contributed by atoms with Gasteiger partial charge in [0.2, 0.25) is 0 Å². The van der Waals surface area contributed by atoms with Crippen molar-refractivity contribution in [2.45, 2.75) is 45.3 Å². The fourth-order valence-corrected chi connectivity index (χ4v) is 2.71. The monoisotopic (exact) mass is 196 g/mol. The maximum Gasteiger partial charge on any atom is 0.174 e. The molecule has 1 saturated heterocycles. The molecule has 0 N–H and O–H groups in total. The van der Waals surface area contributed by atoms with Gasteiger partial charge < -0.3 is 9.47 Å². The maximum absolute atomic E-state index is 5.85. The average molecular weight is 196 g/mol. The van der Waals surface area contributed by atoms with Crippen molar-refractivity contribution in [1.82, 2.24) is 0 Å². The third-order valence-electron chi connectivity index (χ3n) is 3.58. The van der Waals surface area contributed by atoms with E-state index in [9.17, 15) is 0 Å². The number of rotatable bonds is 1. The lowest BCUT2D eigenvalue weighted by molar-refractivity contribution is -0.203. The Morgan fingerprint density at radius 2 is 2.00 bits per heavy atom. The van der Waals surface area contributed by atoms with Crippen LogP contribution in [0.25, 0.3) is 0 Å².